The molecule has 0 radical (unpaired) electrons. The number of amides is 2. The minimum atomic E-state index is -0.464. The van der Waals surface area contributed by atoms with Gasteiger partial charge < -0.3 is 34.7 Å². The number of alkyl carbamates (subject to hydrolysis) is 2. The first-order chi connectivity index (χ1) is 19.3. The predicted molar refractivity (Wildman–Crippen MR) is 151 cm³/mol. The molecule has 40 heavy (non-hydrogen) atoms. The number of hydrogen-bond donors (Lipinski definition) is 3. The first-order valence-electron chi connectivity index (χ1n) is 14.8. The van der Waals surface area contributed by atoms with Crippen molar-refractivity contribution in [3.8, 4) is 0 Å². The molecule has 0 bridgehead atoms. The summed E-state index contributed by atoms with van der Waals surface area (Å²) in [6.45, 7) is 9.90. The van der Waals surface area contributed by atoms with Crippen LogP contribution in [0, 0.1) is 0 Å². The van der Waals surface area contributed by atoms with Crippen molar-refractivity contribution in [2.45, 2.75) is 104 Å². The van der Waals surface area contributed by atoms with Crippen LogP contribution in [-0.2, 0) is 28.5 Å². The van der Waals surface area contributed by atoms with Crippen LogP contribution in [0.2, 0.25) is 0 Å². The zero-order valence-corrected chi connectivity index (χ0v) is 25.0. The predicted octanol–water partition coefficient (Wildman–Crippen LogP) is 3.54. The Balaban J connectivity index is 4.00. The Hall–Kier alpha value is -2.60. The number of aliphatic hydroxyl groups is 1. The van der Waals surface area contributed by atoms with Gasteiger partial charge in [-0.1, -0.05) is 40.5 Å². The van der Waals surface area contributed by atoms with Gasteiger partial charge in [0.05, 0.1) is 32.7 Å². The van der Waals surface area contributed by atoms with Crippen LogP contribution in [0.5, 0.6) is 0 Å². The zero-order valence-electron chi connectivity index (χ0n) is 25.0. The summed E-state index contributed by atoms with van der Waals surface area (Å²) in [6.07, 6.45) is 5.12. The van der Waals surface area contributed by atoms with E-state index in [1.807, 2.05) is 27.7 Å². The molecule has 234 valence electrons. The molecule has 2 atom stereocenters. The lowest BCUT2D eigenvalue weighted by atomic mass is 10.2. The number of carbonyl (C=O) groups is 4. The van der Waals surface area contributed by atoms with E-state index in [1.165, 1.54) is 0 Å². The number of carbonyl (C=O) groups excluding carboxylic acids is 4. The van der Waals surface area contributed by atoms with E-state index in [-0.39, 0.29) is 44.9 Å². The van der Waals surface area contributed by atoms with Crippen LogP contribution in [-0.4, -0.2) is 98.9 Å². The first-order valence-corrected chi connectivity index (χ1v) is 14.8. The quantitative estimate of drug-likeness (QED) is 0.0885. The summed E-state index contributed by atoms with van der Waals surface area (Å²) in [5.74, 6) is -0.791. The van der Waals surface area contributed by atoms with Gasteiger partial charge in [-0.2, -0.15) is 0 Å². The topological polar surface area (TPSA) is 153 Å². The fourth-order valence-corrected chi connectivity index (χ4v) is 3.74. The van der Waals surface area contributed by atoms with Gasteiger partial charge in [0.15, 0.2) is 0 Å². The van der Waals surface area contributed by atoms with Crippen molar-refractivity contribution in [3.05, 3.63) is 0 Å². The number of hydrogen-bond acceptors (Lipinski definition) is 10. The van der Waals surface area contributed by atoms with Crippen LogP contribution >= 0.6 is 0 Å². The highest BCUT2D eigenvalue weighted by molar-refractivity contribution is 5.70. The second-order valence-electron chi connectivity index (χ2n) is 9.52. The van der Waals surface area contributed by atoms with Crippen LogP contribution in [0.25, 0.3) is 0 Å². The Morgan fingerprint density at radius 2 is 1.12 bits per heavy atom. The number of rotatable bonds is 24. The molecule has 0 aliphatic heterocycles. The van der Waals surface area contributed by atoms with Gasteiger partial charge in [0.25, 0.3) is 0 Å². The highest BCUT2D eigenvalue weighted by Gasteiger charge is 2.14. The average Bonchev–Trinajstić information content (AvgIpc) is 2.93. The second-order valence-corrected chi connectivity index (χ2v) is 9.52. The van der Waals surface area contributed by atoms with Gasteiger partial charge in [-0.05, 0) is 38.5 Å². The largest absolute Gasteiger partial charge is 0.466 e. The number of aliphatic hydroxyl groups excluding tert-OH is 1. The van der Waals surface area contributed by atoms with E-state index in [0.29, 0.717) is 45.6 Å². The molecule has 12 nitrogen and oxygen atoms in total. The van der Waals surface area contributed by atoms with Gasteiger partial charge >= 0.3 is 24.1 Å². The number of nitrogens with one attached hydrogen (secondary N) is 2. The smallest absolute Gasteiger partial charge is 0.407 e. The molecule has 12 heteroatoms. The monoisotopic (exact) mass is 575 g/mol. The molecule has 3 N–H and O–H groups in total. The summed E-state index contributed by atoms with van der Waals surface area (Å²) in [6, 6.07) is 0. The van der Waals surface area contributed by atoms with Gasteiger partial charge in [-0.15, -0.1) is 0 Å². The Labute approximate surface area is 239 Å². The van der Waals surface area contributed by atoms with Crippen LogP contribution in [0.1, 0.15) is 91.9 Å². The summed E-state index contributed by atoms with van der Waals surface area (Å²) < 4.78 is 21.0. The first kappa shape index (κ1) is 37.4. The molecule has 0 heterocycles. The van der Waals surface area contributed by atoms with Crippen molar-refractivity contribution in [1.82, 2.24) is 15.5 Å². The maximum absolute atomic E-state index is 12.0. The third-order valence-electron chi connectivity index (χ3n) is 6.07. The molecule has 0 aromatic heterocycles. The van der Waals surface area contributed by atoms with Crippen molar-refractivity contribution in [2.24, 2.45) is 0 Å². The highest BCUT2D eigenvalue weighted by atomic mass is 16.6. The maximum atomic E-state index is 12.0. The van der Waals surface area contributed by atoms with Gasteiger partial charge in [0.1, 0.15) is 12.2 Å². The average molecular weight is 576 g/mol. The zero-order chi connectivity index (χ0) is 30.0. The summed E-state index contributed by atoms with van der Waals surface area (Å²) in [5.41, 5.74) is 0. The molecule has 0 spiro atoms. The van der Waals surface area contributed by atoms with E-state index in [4.69, 9.17) is 18.9 Å². The minimum absolute atomic E-state index is 0.0879. The van der Waals surface area contributed by atoms with Crippen molar-refractivity contribution >= 4 is 24.1 Å². The third-order valence-corrected chi connectivity index (χ3v) is 6.07. The lowest BCUT2D eigenvalue weighted by Gasteiger charge is -2.20. The number of nitrogens with zero attached hydrogens (tertiary/aromatic N) is 1. The van der Waals surface area contributed by atoms with Gasteiger partial charge in [0, 0.05) is 32.7 Å². The fraction of sp³-hybridized carbons (Fsp3) is 0.857. The van der Waals surface area contributed by atoms with E-state index < -0.39 is 24.1 Å². The van der Waals surface area contributed by atoms with E-state index in [2.05, 4.69) is 10.6 Å². The van der Waals surface area contributed by atoms with Crippen LogP contribution in [0.15, 0.2) is 0 Å². The molecule has 0 aliphatic rings. The fourth-order valence-electron chi connectivity index (χ4n) is 3.74. The van der Waals surface area contributed by atoms with Crippen molar-refractivity contribution < 1.29 is 43.2 Å². The molecule has 2 amide bonds. The molecule has 2 unspecified atom stereocenters. The molecule has 0 saturated heterocycles. The molecule has 0 fully saturated rings. The Kier molecular flexibility index (Phi) is 23.7. The highest BCUT2D eigenvalue weighted by Crippen LogP contribution is 2.07. The minimum Gasteiger partial charge on any atom is -0.466 e. The SMILES string of the molecule is CCCC(CC)OC(=O)NCCCOC(=O)CCN(CCO)CCC(=O)OCCCNC(=O)OC(CC)CCC. The van der Waals surface area contributed by atoms with E-state index >= 15 is 0 Å². The molecule has 0 aliphatic carbocycles. The van der Waals surface area contributed by atoms with Gasteiger partial charge in [0.2, 0.25) is 0 Å². The van der Waals surface area contributed by atoms with Crippen molar-refractivity contribution in [2.75, 3.05) is 52.5 Å². The summed E-state index contributed by atoms with van der Waals surface area (Å²) in [4.78, 5) is 49.5. The molecule has 0 rings (SSSR count). The second kappa shape index (κ2) is 25.4. The lowest BCUT2D eigenvalue weighted by Crippen LogP contribution is -2.32. The number of ether oxygens (including phenoxy) is 4. The summed E-state index contributed by atoms with van der Waals surface area (Å²) in [7, 11) is 0. The van der Waals surface area contributed by atoms with E-state index in [9.17, 15) is 24.3 Å². The Bertz CT molecular complexity index is 640. The Morgan fingerprint density at radius 3 is 1.48 bits per heavy atom. The lowest BCUT2D eigenvalue weighted by molar-refractivity contribution is -0.144. The normalized spacial score (nSPS) is 12.3. The molecule has 0 saturated carbocycles. The van der Waals surface area contributed by atoms with Gasteiger partial charge in [-0.25, -0.2) is 9.59 Å². The molecule has 0 aromatic carbocycles. The van der Waals surface area contributed by atoms with E-state index in [0.717, 1.165) is 38.5 Å². The summed E-state index contributed by atoms with van der Waals surface area (Å²) in [5, 5.41) is 14.6. The standard InChI is InChI=1S/C28H53N3O9/c1-5-11-23(7-3)39-27(35)29-15-9-21-37-25(33)13-17-31(19-20-32)18-14-26(34)38-22-10-16-30-28(36)40-24(8-4)12-6-2/h23-24,32H,5-22H2,1-4H3,(H,29,35)(H,30,36). The van der Waals surface area contributed by atoms with Gasteiger partial charge in [-0.3, -0.25) is 14.5 Å². The number of esters is 2. The molecular weight excluding hydrogens is 522 g/mol. The molecule has 0 aromatic rings. The Morgan fingerprint density at radius 1 is 0.700 bits per heavy atom. The third kappa shape index (κ3) is 21.2. The van der Waals surface area contributed by atoms with Crippen molar-refractivity contribution in [3.63, 3.8) is 0 Å². The maximum Gasteiger partial charge on any atom is 0.407 e. The van der Waals surface area contributed by atoms with Crippen LogP contribution < -0.4 is 10.6 Å². The van der Waals surface area contributed by atoms with Crippen LogP contribution in [0.4, 0.5) is 9.59 Å². The van der Waals surface area contributed by atoms with Crippen molar-refractivity contribution in [1.29, 1.82) is 0 Å². The molecular formula is C28H53N3O9. The van der Waals surface area contributed by atoms with Crippen LogP contribution in [0.3, 0.4) is 0 Å². The van der Waals surface area contributed by atoms with E-state index in [1.54, 1.807) is 4.90 Å². The summed E-state index contributed by atoms with van der Waals surface area (Å²) >= 11 is 0.